The van der Waals surface area contributed by atoms with Crippen molar-refractivity contribution >= 4 is 39.2 Å². The van der Waals surface area contributed by atoms with Gasteiger partial charge in [-0.05, 0) is 35.9 Å². The molecule has 0 saturated carbocycles. The number of rotatable bonds is 8. The number of ether oxygens (including phenoxy) is 2. The zero-order valence-electron chi connectivity index (χ0n) is 17.0. The molecule has 0 aliphatic rings. The molecule has 29 heavy (non-hydrogen) atoms. The molecular formula is C21H25N3O4S. The summed E-state index contributed by atoms with van der Waals surface area (Å²) in [6, 6.07) is 7.56. The molecule has 0 fully saturated rings. The molecule has 7 nitrogen and oxygen atoms in total. The van der Waals surface area contributed by atoms with Gasteiger partial charge in [0.2, 0.25) is 0 Å². The van der Waals surface area contributed by atoms with E-state index in [0.717, 1.165) is 15.8 Å². The summed E-state index contributed by atoms with van der Waals surface area (Å²) in [5.41, 5.74) is 1.75. The Balaban J connectivity index is 1.84. The monoisotopic (exact) mass is 415 g/mol. The number of thiazole rings is 1. The van der Waals surface area contributed by atoms with Crippen molar-refractivity contribution in [2.24, 2.45) is 5.92 Å². The summed E-state index contributed by atoms with van der Waals surface area (Å²) in [7, 11) is 2.99. The Morgan fingerprint density at radius 1 is 1.24 bits per heavy atom. The molecule has 0 aliphatic heterocycles. The van der Waals surface area contributed by atoms with Crippen molar-refractivity contribution in [2.75, 3.05) is 26.1 Å². The number of nitrogens with zero attached hydrogens (tertiary/aromatic N) is 2. The number of esters is 1. The Bertz CT molecular complexity index is 1020. The molecule has 0 atom stereocenters. The van der Waals surface area contributed by atoms with Gasteiger partial charge < -0.3 is 14.0 Å². The van der Waals surface area contributed by atoms with Crippen LogP contribution in [0.5, 0.6) is 0 Å². The van der Waals surface area contributed by atoms with E-state index in [2.05, 4.69) is 28.7 Å². The highest BCUT2D eigenvalue weighted by atomic mass is 32.1. The van der Waals surface area contributed by atoms with Gasteiger partial charge in [-0.3, -0.25) is 10.1 Å². The summed E-state index contributed by atoms with van der Waals surface area (Å²) >= 11 is 1.31. The Labute approximate surface area is 173 Å². The number of amides is 1. The number of benzene rings is 1. The third kappa shape index (κ3) is 4.83. The number of fused-ring (bicyclic) bond motifs is 1. The van der Waals surface area contributed by atoms with Crippen LogP contribution in [0.25, 0.3) is 10.9 Å². The fraction of sp³-hybridized carbons (Fsp3) is 0.381. The van der Waals surface area contributed by atoms with Gasteiger partial charge in [-0.1, -0.05) is 19.9 Å². The van der Waals surface area contributed by atoms with Crippen LogP contribution in [0.4, 0.5) is 5.13 Å². The number of hydrogen-bond donors (Lipinski definition) is 1. The molecule has 3 rings (SSSR count). The van der Waals surface area contributed by atoms with Gasteiger partial charge in [-0.25, -0.2) is 9.78 Å². The Morgan fingerprint density at radius 2 is 2.03 bits per heavy atom. The second kappa shape index (κ2) is 9.19. The van der Waals surface area contributed by atoms with Gasteiger partial charge in [0.05, 0.1) is 13.7 Å². The van der Waals surface area contributed by atoms with E-state index in [4.69, 9.17) is 9.47 Å². The molecule has 0 aliphatic carbocycles. The average molecular weight is 416 g/mol. The molecule has 2 heterocycles. The zero-order chi connectivity index (χ0) is 21.0. The molecule has 0 saturated heterocycles. The number of carbonyl (C=O) groups is 2. The fourth-order valence-corrected chi connectivity index (χ4v) is 4.21. The first-order chi connectivity index (χ1) is 13.9. The van der Waals surface area contributed by atoms with Gasteiger partial charge in [0, 0.05) is 35.8 Å². The van der Waals surface area contributed by atoms with Crippen molar-refractivity contribution in [2.45, 2.75) is 26.8 Å². The largest absolute Gasteiger partial charge is 0.464 e. The molecule has 0 radical (unpaired) electrons. The molecule has 3 aromatic rings. The highest BCUT2D eigenvalue weighted by Crippen LogP contribution is 2.27. The number of nitrogens with one attached hydrogen (secondary N) is 1. The van der Waals surface area contributed by atoms with Crippen molar-refractivity contribution in [1.82, 2.24) is 9.55 Å². The summed E-state index contributed by atoms with van der Waals surface area (Å²) < 4.78 is 12.0. The van der Waals surface area contributed by atoms with E-state index in [-0.39, 0.29) is 11.6 Å². The van der Waals surface area contributed by atoms with E-state index < -0.39 is 5.97 Å². The normalized spacial score (nSPS) is 11.2. The van der Waals surface area contributed by atoms with Crippen LogP contribution in [0.15, 0.2) is 30.5 Å². The van der Waals surface area contributed by atoms with E-state index in [9.17, 15) is 9.59 Å². The first-order valence-electron chi connectivity index (χ1n) is 9.40. The van der Waals surface area contributed by atoms with E-state index in [0.29, 0.717) is 36.2 Å². The van der Waals surface area contributed by atoms with Crippen LogP contribution in [0, 0.1) is 5.92 Å². The Kier molecular flexibility index (Phi) is 6.66. The Hall–Kier alpha value is -2.71. The summed E-state index contributed by atoms with van der Waals surface area (Å²) in [6.07, 6.45) is 2.67. The van der Waals surface area contributed by atoms with Crippen LogP contribution in [-0.2, 0) is 22.4 Å². The van der Waals surface area contributed by atoms with E-state index in [1.165, 1.54) is 18.4 Å². The van der Waals surface area contributed by atoms with Gasteiger partial charge in [-0.2, -0.15) is 0 Å². The van der Waals surface area contributed by atoms with Crippen molar-refractivity contribution in [3.05, 3.63) is 46.6 Å². The maximum Gasteiger partial charge on any atom is 0.357 e. The van der Waals surface area contributed by atoms with E-state index in [1.54, 1.807) is 13.2 Å². The average Bonchev–Trinajstić information content (AvgIpc) is 3.28. The summed E-state index contributed by atoms with van der Waals surface area (Å²) in [6.45, 7) is 5.42. The predicted octanol–water partition coefficient (Wildman–Crippen LogP) is 3.98. The van der Waals surface area contributed by atoms with E-state index in [1.807, 2.05) is 24.4 Å². The number of carbonyl (C=O) groups excluding carboxylic acids is 2. The maximum absolute atomic E-state index is 12.8. The van der Waals surface area contributed by atoms with Crippen molar-refractivity contribution in [3.63, 3.8) is 0 Å². The maximum atomic E-state index is 12.8. The molecule has 2 aromatic heterocycles. The van der Waals surface area contributed by atoms with Crippen molar-refractivity contribution in [3.8, 4) is 0 Å². The lowest BCUT2D eigenvalue weighted by atomic mass is 10.1. The number of hydrogen-bond acceptors (Lipinski definition) is 6. The minimum absolute atomic E-state index is 0.269. The van der Waals surface area contributed by atoms with Crippen LogP contribution < -0.4 is 5.32 Å². The van der Waals surface area contributed by atoms with Gasteiger partial charge in [0.1, 0.15) is 0 Å². The van der Waals surface area contributed by atoms with Gasteiger partial charge in [0.15, 0.2) is 10.8 Å². The van der Waals surface area contributed by atoms with Crippen LogP contribution in [0.3, 0.4) is 0 Å². The molecule has 154 valence electrons. The molecule has 1 amide bonds. The van der Waals surface area contributed by atoms with Gasteiger partial charge >= 0.3 is 5.97 Å². The van der Waals surface area contributed by atoms with Crippen molar-refractivity contribution in [1.29, 1.82) is 0 Å². The second-order valence-electron chi connectivity index (χ2n) is 7.11. The lowest BCUT2D eigenvalue weighted by molar-refractivity contribution is 0.0593. The third-order valence-corrected chi connectivity index (χ3v) is 5.46. The van der Waals surface area contributed by atoms with Gasteiger partial charge in [-0.15, -0.1) is 11.3 Å². The fourth-order valence-electron chi connectivity index (χ4n) is 3.05. The van der Waals surface area contributed by atoms with Crippen LogP contribution in [-0.4, -0.2) is 42.3 Å². The lowest BCUT2D eigenvalue weighted by Gasteiger charge is -2.06. The van der Waals surface area contributed by atoms with E-state index >= 15 is 0 Å². The molecule has 8 heteroatoms. The Morgan fingerprint density at radius 3 is 2.72 bits per heavy atom. The molecule has 0 unspecified atom stereocenters. The molecule has 1 N–H and O–H groups in total. The van der Waals surface area contributed by atoms with Crippen LogP contribution >= 0.6 is 11.3 Å². The number of anilines is 1. The minimum Gasteiger partial charge on any atom is -0.464 e. The van der Waals surface area contributed by atoms with Crippen LogP contribution in [0.1, 0.15) is 39.6 Å². The van der Waals surface area contributed by atoms with Crippen LogP contribution in [0.2, 0.25) is 0 Å². The number of methoxy groups -OCH3 is 2. The summed E-state index contributed by atoms with van der Waals surface area (Å²) in [5, 5.41) is 4.26. The molecular weight excluding hydrogens is 390 g/mol. The zero-order valence-corrected chi connectivity index (χ0v) is 17.8. The highest BCUT2D eigenvalue weighted by molar-refractivity contribution is 7.16. The quantitative estimate of drug-likeness (QED) is 0.563. The SMILES string of the molecule is COCCn1ccc2ccc(C(=O)Nc3nc(C(=O)OC)c(CC(C)C)s3)cc21. The third-order valence-electron chi connectivity index (χ3n) is 4.46. The summed E-state index contributed by atoms with van der Waals surface area (Å²) in [4.78, 5) is 29.9. The van der Waals surface area contributed by atoms with Crippen molar-refractivity contribution < 1.29 is 19.1 Å². The summed E-state index contributed by atoms with van der Waals surface area (Å²) in [5.74, 6) is -0.410. The highest BCUT2D eigenvalue weighted by Gasteiger charge is 2.21. The smallest absolute Gasteiger partial charge is 0.357 e. The first kappa shape index (κ1) is 21.0. The van der Waals surface area contributed by atoms with Gasteiger partial charge in [0.25, 0.3) is 5.91 Å². The predicted molar refractivity (Wildman–Crippen MR) is 114 cm³/mol. The minimum atomic E-state index is -0.491. The second-order valence-corrected chi connectivity index (χ2v) is 8.19. The molecule has 0 bridgehead atoms. The standard InChI is InChI=1S/C21H25N3O4S/c1-13(2)11-17-18(20(26)28-4)22-21(29-17)23-19(25)15-6-5-14-7-8-24(9-10-27-3)16(14)12-15/h5-8,12-13H,9-11H2,1-4H3,(H,22,23,25). The molecule has 0 spiro atoms. The molecule has 1 aromatic carbocycles. The lowest BCUT2D eigenvalue weighted by Crippen LogP contribution is -2.12. The number of aromatic nitrogens is 2. The first-order valence-corrected chi connectivity index (χ1v) is 10.2. The topological polar surface area (TPSA) is 82.5 Å².